The highest BCUT2D eigenvalue weighted by Crippen LogP contribution is 2.23. The van der Waals surface area contributed by atoms with Gasteiger partial charge in [-0.1, -0.05) is 44.0 Å². The minimum Gasteiger partial charge on any atom is -0.497 e. The third-order valence-electron chi connectivity index (χ3n) is 5.32. The SMILES string of the molecule is CCCCNC(=O)[C@@H](CC)N(Cc1cccc(OC)c1)C(=O)CCCSc1ccc(Cl)cc1. The minimum absolute atomic E-state index is 0.00739. The summed E-state index contributed by atoms with van der Waals surface area (Å²) in [6.07, 6.45) is 3.62. The lowest BCUT2D eigenvalue weighted by Gasteiger charge is -2.31. The van der Waals surface area contributed by atoms with Crippen molar-refractivity contribution in [2.24, 2.45) is 0 Å². The minimum atomic E-state index is -0.496. The van der Waals surface area contributed by atoms with E-state index in [0.29, 0.717) is 31.0 Å². The second kappa shape index (κ2) is 14.9. The van der Waals surface area contributed by atoms with Crippen LogP contribution in [0.1, 0.15) is 51.5 Å². The summed E-state index contributed by atoms with van der Waals surface area (Å²) in [5.41, 5.74) is 0.943. The van der Waals surface area contributed by atoms with E-state index in [-0.39, 0.29) is 11.8 Å². The summed E-state index contributed by atoms with van der Waals surface area (Å²) in [4.78, 5) is 29.0. The number of rotatable bonds is 14. The molecule has 0 aliphatic heterocycles. The van der Waals surface area contributed by atoms with Gasteiger partial charge >= 0.3 is 0 Å². The zero-order chi connectivity index (χ0) is 24.1. The van der Waals surface area contributed by atoms with Crippen molar-refractivity contribution in [1.82, 2.24) is 10.2 Å². The number of halogens is 1. The van der Waals surface area contributed by atoms with E-state index in [9.17, 15) is 9.59 Å². The van der Waals surface area contributed by atoms with Crippen LogP contribution in [0.2, 0.25) is 5.02 Å². The lowest BCUT2D eigenvalue weighted by atomic mass is 10.1. The Balaban J connectivity index is 2.05. The van der Waals surface area contributed by atoms with Crippen LogP contribution in [0.15, 0.2) is 53.4 Å². The highest BCUT2D eigenvalue weighted by molar-refractivity contribution is 7.99. The van der Waals surface area contributed by atoms with Crippen LogP contribution in [0.3, 0.4) is 0 Å². The average Bonchev–Trinajstić information content (AvgIpc) is 2.83. The second-order valence-electron chi connectivity index (χ2n) is 7.85. The number of hydrogen-bond donors (Lipinski definition) is 1. The molecule has 0 saturated heterocycles. The maximum atomic E-state index is 13.3. The zero-order valence-electron chi connectivity index (χ0n) is 19.8. The molecule has 33 heavy (non-hydrogen) atoms. The van der Waals surface area contributed by atoms with Gasteiger partial charge in [0.05, 0.1) is 7.11 Å². The van der Waals surface area contributed by atoms with Crippen molar-refractivity contribution in [1.29, 1.82) is 0 Å². The Morgan fingerprint density at radius 3 is 2.55 bits per heavy atom. The number of thioether (sulfide) groups is 1. The molecule has 0 aliphatic rings. The number of nitrogens with one attached hydrogen (secondary N) is 1. The Kier molecular flexibility index (Phi) is 12.2. The van der Waals surface area contributed by atoms with Gasteiger partial charge in [0.15, 0.2) is 0 Å². The number of carbonyl (C=O) groups is 2. The molecule has 0 heterocycles. The second-order valence-corrected chi connectivity index (χ2v) is 9.45. The van der Waals surface area contributed by atoms with E-state index in [4.69, 9.17) is 16.3 Å². The molecule has 5 nitrogen and oxygen atoms in total. The third kappa shape index (κ3) is 9.30. The molecule has 2 aromatic rings. The van der Waals surface area contributed by atoms with Gasteiger partial charge in [-0.3, -0.25) is 9.59 Å². The molecule has 2 aromatic carbocycles. The van der Waals surface area contributed by atoms with E-state index in [1.807, 2.05) is 55.5 Å². The van der Waals surface area contributed by atoms with Gasteiger partial charge in [0.2, 0.25) is 11.8 Å². The van der Waals surface area contributed by atoms with Crippen LogP contribution in [0, 0.1) is 0 Å². The van der Waals surface area contributed by atoms with Crippen LogP contribution in [0.25, 0.3) is 0 Å². The quantitative estimate of drug-likeness (QED) is 0.263. The first kappa shape index (κ1) is 27.1. The molecule has 0 unspecified atom stereocenters. The fourth-order valence-corrected chi connectivity index (χ4v) is 4.46. The Morgan fingerprint density at radius 1 is 1.12 bits per heavy atom. The number of carbonyl (C=O) groups excluding carboxylic acids is 2. The van der Waals surface area contributed by atoms with Crippen LogP contribution >= 0.6 is 23.4 Å². The van der Waals surface area contributed by atoms with Gasteiger partial charge in [0.25, 0.3) is 0 Å². The lowest BCUT2D eigenvalue weighted by molar-refractivity contribution is -0.141. The van der Waals surface area contributed by atoms with Gasteiger partial charge < -0.3 is 15.0 Å². The average molecular weight is 491 g/mol. The predicted octanol–water partition coefficient (Wildman–Crippen LogP) is 5.94. The summed E-state index contributed by atoms with van der Waals surface area (Å²) in [6, 6.07) is 14.9. The molecule has 1 atom stereocenters. The number of amides is 2. The van der Waals surface area contributed by atoms with Gasteiger partial charge in [0, 0.05) is 29.4 Å². The number of nitrogens with zero attached hydrogens (tertiary/aromatic N) is 1. The highest BCUT2D eigenvalue weighted by atomic mass is 35.5. The fraction of sp³-hybridized carbons (Fsp3) is 0.462. The molecule has 0 spiro atoms. The number of unbranched alkanes of at least 4 members (excludes halogenated alkanes) is 1. The van der Waals surface area contributed by atoms with Crippen molar-refractivity contribution in [3.8, 4) is 5.75 Å². The van der Waals surface area contributed by atoms with Crippen LogP contribution < -0.4 is 10.1 Å². The van der Waals surface area contributed by atoms with Gasteiger partial charge in [0.1, 0.15) is 11.8 Å². The Bertz CT molecular complexity index is 876. The highest BCUT2D eigenvalue weighted by Gasteiger charge is 2.28. The van der Waals surface area contributed by atoms with Crippen LogP contribution in [-0.2, 0) is 16.1 Å². The summed E-state index contributed by atoms with van der Waals surface area (Å²) in [7, 11) is 1.62. The van der Waals surface area contributed by atoms with Crippen molar-refractivity contribution in [2.75, 3.05) is 19.4 Å². The molecule has 7 heteroatoms. The van der Waals surface area contributed by atoms with Crippen molar-refractivity contribution in [3.63, 3.8) is 0 Å². The van der Waals surface area contributed by atoms with Gasteiger partial charge in [-0.25, -0.2) is 0 Å². The van der Waals surface area contributed by atoms with Crippen LogP contribution in [-0.4, -0.2) is 42.2 Å². The van der Waals surface area contributed by atoms with E-state index >= 15 is 0 Å². The zero-order valence-corrected chi connectivity index (χ0v) is 21.4. The Hall–Kier alpha value is -2.18. The molecule has 0 radical (unpaired) electrons. The summed E-state index contributed by atoms with van der Waals surface area (Å²) in [5.74, 6) is 1.46. The van der Waals surface area contributed by atoms with Crippen LogP contribution in [0.5, 0.6) is 5.75 Å². The standard InChI is InChI=1S/C26H35ClN2O3S/c1-4-6-16-28-26(31)24(5-2)29(19-20-9-7-10-22(18-20)32-3)25(30)11-8-17-33-23-14-12-21(27)13-15-23/h7,9-10,12-15,18,24H,4-6,8,11,16-17,19H2,1-3H3,(H,28,31)/t24-/m1/s1. The lowest BCUT2D eigenvalue weighted by Crippen LogP contribution is -2.49. The summed E-state index contributed by atoms with van der Waals surface area (Å²) < 4.78 is 5.33. The van der Waals surface area contributed by atoms with Gasteiger partial charge in [-0.05, 0) is 67.0 Å². The molecule has 0 aromatic heterocycles. The summed E-state index contributed by atoms with van der Waals surface area (Å²) in [6.45, 7) is 5.04. The van der Waals surface area contributed by atoms with Crippen molar-refractivity contribution in [2.45, 2.75) is 63.4 Å². The van der Waals surface area contributed by atoms with Crippen molar-refractivity contribution >= 4 is 35.2 Å². The van der Waals surface area contributed by atoms with E-state index in [1.165, 1.54) is 0 Å². The maximum absolute atomic E-state index is 13.3. The topological polar surface area (TPSA) is 58.6 Å². The molecule has 180 valence electrons. The number of hydrogen-bond acceptors (Lipinski definition) is 4. The first-order valence-corrected chi connectivity index (χ1v) is 12.9. The van der Waals surface area contributed by atoms with Crippen molar-refractivity contribution in [3.05, 3.63) is 59.1 Å². The largest absolute Gasteiger partial charge is 0.497 e. The van der Waals surface area contributed by atoms with Crippen LogP contribution in [0.4, 0.5) is 0 Å². The first-order valence-electron chi connectivity index (χ1n) is 11.6. The molecule has 0 bridgehead atoms. The predicted molar refractivity (Wildman–Crippen MR) is 137 cm³/mol. The first-order chi connectivity index (χ1) is 16.0. The third-order valence-corrected chi connectivity index (χ3v) is 6.67. The van der Waals surface area contributed by atoms with E-state index in [0.717, 1.165) is 41.2 Å². The van der Waals surface area contributed by atoms with E-state index in [1.54, 1.807) is 23.8 Å². The molecule has 2 rings (SSSR count). The molecule has 1 N–H and O–H groups in total. The normalized spacial score (nSPS) is 11.6. The molecular formula is C26H35ClN2O3S. The summed E-state index contributed by atoms with van der Waals surface area (Å²) in [5, 5.41) is 3.71. The fourth-order valence-electron chi connectivity index (χ4n) is 3.48. The molecule has 0 aliphatic carbocycles. The monoisotopic (exact) mass is 490 g/mol. The van der Waals surface area contributed by atoms with Crippen molar-refractivity contribution < 1.29 is 14.3 Å². The number of ether oxygens (including phenoxy) is 1. The van der Waals surface area contributed by atoms with E-state index < -0.39 is 6.04 Å². The molecule has 2 amide bonds. The Labute approximate surface area is 207 Å². The maximum Gasteiger partial charge on any atom is 0.242 e. The molecular weight excluding hydrogens is 456 g/mol. The summed E-state index contributed by atoms with van der Waals surface area (Å²) >= 11 is 7.64. The molecule has 0 saturated carbocycles. The molecule has 0 fully saturated rings. The number of benzene rings is 2. The van der Waals surface area contributed by atoms with Gasteiger partial charge in [-0.15, -0.1) is 11.8 Å². The smallest absolute Gasteiger partial charge is 0.242 e. The van der Waals surface area contributed by atoms with E-state index in [2.05, 4.69) is 12.2 Å². The van der Waals surface area contributed by atoms with Gasteiger partial charge in [-0.2, -0.15) is 0 Å². The number of methoxy groups -OCH3 is 1. The Morgan fingerprint density at radius 2 is 1.88 bits per heavy atom.